The summed E-state index contributed by atoms with van der Waals surface area (Å²) in [5.74, 6) is 0.845. The number of imidazole rings is 1. The smallest absolute Gasteiger partial charge is 0.211 e. The van der Waals surface area contributed by atoms with Gasteiger partial charge < -0.3 is 5.32 Å². The molecule has 2 aromatic heterocycles. The zero-order valence-corrected chi connectivity index (χ0v) is 16.5. The quantitative estimate of drug-likeness (QED) is 0.632. The fraction of sp³-hybridized carbons (Fsp3) is 0.368. The van der Waals surface area contributed by atoms with Crippen molar-refractivity contribution in [1.29, 1.82) is 5.26 Å². The number of para-hydroxylation sites is 2. The lowest BCUT2D eigenvalue weighted by atomic mass is 10.1. The van der Waals surface area contributed by atoms with Gasteiger partial charge in [0.05, 0.1) is 22.9 Å². The largest absolute Gasteiger partial charge is 0.371 e. The van der Waals surface area contributed by atoms with E-state index in [1.165, 1.54) is 10.6 Å². The van der Waals surface area contributed by atoms with E-state index in [2.05, 4.69) is 16.4 Å². The Morgan fingerprint density at radius 1 is 1.33 bits per heavy atom. The summed E-state index contributed by atoms with van der Waals surface area (Å²) in [6.45, 7) is 5.26. The fourth-order valence-corrected chi connectivity index (χ4v) is 4.18. The normalized spacial score (nSPS) is 12.0. The van der Waals surface area contributed by atoms with Crippen molar-refractivity contribution >= 4 is 32.5 Å². The lowest BCUT2D eigenvalue weighted by Crippen LogP contribution is -2.31. The van der Waals surface area contributed by atoms with Gasteiger partial charge in [-0.15, -0.1) is 0 Å². The van der Waals surface area contributed by atoms with Crippen LogP contribution in [0.2, 0.25) is 0 Å². The van der Waals surface area contributed by atoms with E-state index in [9.17, 15) is 13.7 Å². The molecule has 0 unspecified atom stereocenters. The molecule has 1 N–H and O–H groups in total. The first-order valence-corrected chi connectivity index (χ1v) is 10.7. The Balaban J connectivity index is 1.90. The number of pyridine rings is 1. The first-order valence-electron chi connectivity index (χ1n) is 8.86. The van der Waals surface area contributed by atoms with Crippen LogP contribution >= 0.6 is 0 Å². The predicted octanol–water partition coefficient (Wildman–Crippen LogP) is 2.75. The number of nitriles is 1. The van der Waals surface area contributed by atoms with Crippen LogP contribution in [0.4, 0.5) is 5.82 Å². The number of fused-ring (bicyclic) bond motifs is 3. The van der Waals surface area contributed by atoms with Crippen molar-refractivity contribution in [2.75, 3.05) is 31.2 Å². The monoisotopic (exact) mass is 385 g/mol. The minimum atomic E-state index is -3.18. The topological polar surface area (TPSA) is 90.5 Å². The minimum Gasteiger partial charge on any atom is -0.371 e. The van der Waals surface area contributed by atoms with Crippen molar-refractivity contribution in [2.45, 2.75) is 20.3 Å². The van der Waals surface area contributed by atoms with E-state index >= 15 is 0 Å². The summed E-state index contributed by atoms with van der Waals surface area (Å²) in [6, 6.07) is 11.9. The molecule has 0 spiro atoms. The van der Waals surface area contributed by atoms with Crippen molar-refractivity contribution < 1.29 is 8.42 Å². The van der Waals surface area contributed by atoms with Gasteiger partial charge in [0.2, 0.25) is 10.0 Å². The SMILES string of the molecule is CCN(CCCNc1cc(C)c(C#N)c2nc3ccccc3n12)S(C)(=O)=O. The second-order valence-corrected chi connectivity index (χ2v) is 8.48. The van der Waals surface area contributed by atoms with Crippen molar-refractivity contribution in [3.05, 3.63) is 41.5 Å². The maximum Gasteiger partial charge on any atom is 0.211 e. The molecular weight excluding hydrogens is 362 g/mol. The van der Waals surface area contributed by atoms with Crippen LogP contribution in [-0.4, -0.2) is 48.0 Å². The molecule has 8 heteroatoms. The Morgan fingerprint density at radius 2 is 2.07 bits per heavy atom. The molecule has 0 aliphatic rings. The van der Waals surface area contributed by atoms with Gasteiger partial charge in [0.1, 0.15) is 11.9 Å². The van der Waals surface area contributed by atoms with Gasteiger partial charge >= 0.3 is 0 Å². The molecule has 27 heavy (non-hydrogen) atoms. The Bertz CT molecular complexity index is 1130. The van der Waals surface area contributed by atoms with Crippen molar-refractivity contribution in [3.8, 4) is 6.07 Å². The van der Waals surface area contributed by atoms with Gasteiger partial charge in [0.15, 0.2) is 5.65 Å². The van der Waals surface area contributed by atoms with Gasteiger partial charge in [0.25, 0.3) is 0 Å². The van der Waals surface area contributed by atoms with Crippen LogP contribution in [0.25, 0.3) is 16.7 Å². The molecule has 3 rings (SSSR count). The summed E-state index contributed by atoms with van der Waals surface area (Å²) >= 11 is 0. The first kappa shape index (κ1) is 19.1. The predicted molar refractivity (Wildman–Crippen MR) is 107 cm³/mol. The lowest BCUT2D eigenvalue weighted by molar-refractivity contribution is 0.428. The number of nitrogens with one attached hydrogen (secondary N) is 1. The number of hydrogen-bond acceptors (Lipinski definition) is 5. The third-order valence-electron chi connectivity index (χ3n) is 4.60. The highest BCUT2D eigenvalue weighted by Gasteiger charge is 2.16. The number of aromatic nitrogens is 2. The zero-order chi connectivity index (χ0) is 19.6. The molecule has 0 amide bonds. The molecule has 1 aromatic carbocycles. The van der Waals surface area contributed by atoms with Crippen LogP contribution in [0.1, 0.15) is 24.5 Å². The summed E-state index contributed by atoms with van der Waals surface area (Å²) < 4.78 is 26.8. The molecule has 0 saturated carbocycles. The molecule has 3 aromatic rings. The Hall–Kier alpha value is -2.63. The van der Waals surface area contributed by atoms with Gasteiger partial charge in [-0.3, -0.25) is 4.40 Å². The van der Waals surface area contributed by atoms with E-state index < -0.39 is 10.0 Å². The summed E-state index contributed by atoms with van der Waals surface area (Å²) in [7, 11) is -3.18. The van der Waals surface area contributed by atoms with Gasteiger partial charge in [-0.2, -0.15) is 5.26 Å². The lowest BCUT2D eigenvalue weighted by Gasteiger charge is -2.18. The number of nitrogens with zero attached hydrogens (tertiary/aromatic N) is 4. The molecule has 142 valence electrons. The number of rotatable bonds is 7. The Kier molecular flexibility index (Phi) is 5.35. The average Bonchev–Trinajstić information content (AvgIpc) is 2.99. The molecule has 2 heterocycles. The number of benzene rings is 1. The van der Waals surface area contributed by atoms with E-state index in [4.69, 9.17) is 0 Å². The number of anilines is 1. The molecule has 0 fully saturated rings. The third kappa shape index (κ3) is 3.75. The van der Waals surface area contributed by atoms with E-state index in [-0.39, 0.29) is 0 Å². The van der Waals surface area contributed by atoms with Crippen LogP contribution in [0.3, 0.4) is 0 Å². The molecule has 0 bridgehead atoms. The second-order valence-electron chi connectivity index (χ2n) is 6.49. The average molecular weight is 385 g/mol. The van der Waals surface area contributed by atoms with Crippen molar-refractivity contribution in [1.82, 2.24) is 13.7 Å². The van der Waals surface area contributed by atoms with Crippen molar-refractivity contribution in [2.24, 2.45) is 0 Å². The molecule has 0 radical (unpaired) electrons. The van der Waals surface area contributed by atoms with E-state index in [0.717, 1.165) is 22.4 Å². The molecule has 0 aliphatic heterocycles. The van der Waals surface area contributed by atoms with Crippen LogP contribution < -0.4 is 5.32 Å². The van der Waals surface area contributed by atoms with Crippen LogP contribution in [0.5, 0.6) is 0 Å². The summed E-state index contributed by atoms with van der Waals surface area (Å²) in [6.07, 6.45) is 1.91. The highest BCUT2D eigenvalue weighted by Crippen LogP contribution is 2.26. The van der Waals surface area contributed by atoms with E-state index in [1.54, 1.807) is 0 Å². The second kappa shape index (κ2) is 7.55. The molecule has 0 atom stereocenters. The van der Waals surface area contributed by atoms with Crippen LogP contribution in [0, 0.1) is 18.3 Å². The van der Waals surface area contributed by atoms with Gasteiger partial charge in [-0.1, -0.05) is 19.1 Å². The maximum absolute atomic E-state index is 11.7. The summed E-state index contributed by atoms with van der Waals surface area (Å²) in [5.41, 5.74) is 3.81. The third-order valence-corrected chi connectivity index (χ3v) is 5.98. The Morgan fingerprint density at radius 3 is 2.74 bits per heavy atom. The first-order chi connectivity index (χ1) is 12.9. The van der Waals surface area contributed by atoms with E-state index in [0.29, 0.717) is 37.3 Å². The number of hydrogen-bond donors (Lipinski definition) is 1. The number of aryl methyl sites for hydroxylation is 1. The summed E-state index contributed by atoms with van der Waals surface area (Å²) in [5, 5.41) is 12.9. The Labute approximate surface area is 159 Å². The zero-order valence-electron chi connectivity index (χ0n) is 15.7. The molecule has 0 aliphatic carbocycles. The van der Waals surface area contributed by atoms with Gasteiger partial charge in [-0.25, -0.2) is 17.7 Å². The highest BCUT2D eigenvalue weighted by atomic mass is 32.2. The molecular formula is C19H23N5O2S. The van der Waals surface area contributed by atoms with Gasteiger partial charge in [-0.05, 0) is 37.1 Å². The molecule has 0 saturated heterocycles. The minimum absolute atomic E-state index is 0.464. The number of sulfonamides is 1. The highest BCUT2D eigenvalue weighted by molar-refractivity contribution is 7.88. The van der Waals surface area contributed by atoms with E-state index in [1.807, 2.05) is 48.6 Å². The maximum atomic E-state index is 11.7. The molecule has 7 nitrogen and oxygen atoms in total. The summed E-state index contributed by atoms with van der Waals surface area (Å²) in [4.78, 5) is 4.62. The van der Waals surface area contributed by atoms with Crippen LogP contribution in [-0.2, 0) is 10.0 Å². The van der Waals surface area contributed by atoms with Gasteiger partial charge in [0, 0.05) is 19.6 Å². The van der Waals surface area contributed by atoms with Crippen LogP contribution in [0.15, 0.2) is 30.3 Å². The van der Waals surface area contributed by atoms with Crippen molar-refractivity contribution in [3.63, 3.8) is 0 Å². The standard InChI is InChI=1S/C19H23N5O2S/c1-4-23(27(3,25)26)11-7-10-21-18-12-14(2)15(13-20)19-22-16-8-5-6-9-17(16)24(18)19/h5-6,8-9,12,21H,4,7,10-11H2,1-3H3. The fourth-order valence-electron chi connectivity index (χ4n) is 3.25.